The number of hydrogen-bond donors (Lipinski definition) is 1. The molecular weight excluding hydrogens is 482 g/mol. The van der Waals surface area contributed by atoms with Crippen LogP contribution in [0, 0.1) is 13.8 Å². The second-order valence-electron chi connectivity index (χ2n) is 9.29. The molecule has 2 aliphatic heterocycles. The van der Waals surface area contributed by atoms with Crippen LogP contribution in [-0.4, -0.2) is 35.9 Å². The molecule has 0 radical (unpaired) electrons. The van der Waals surface area contributed by atoms with E-state index in [2.05, 4.69) is 10.3 Å². The molecule has 194 valence electrons. The zero-order chi connectivity index (χ0) is 27.0. The van der Waals surface area contributed by atoms with Crippen molar-refractivity contribution >= 4 is 34.4 Å². The van der Waals surface area contributed by atoms with Crippen LogP contribution < -0.4 is 10.7 Å². The van der Waals surface area contributed by atoms with E-state index >= 15 is 0 Å². The van der Waals surface area contributed by atoms with Gasteiger partial charge in [-0.1, -0.05) is 18.2 Å². The van der Waals surface area contributed by atoms with Gasteiger partial charge in [-0.3, -0.25) is 14.6 Å². The number of rotatable bonds is 6. The van der Waals surface area contributed by atoms with Crippen LogP contribution >= 0.6 is 0 Å². The second kappa shape index (κ2) is 10.1. The van der Waals surface area contributed by atoms with Gasteiger partial charge in [0.05, 0.1) is 10.9 Å². The smallest absolute Gasteiger partial charge is 0.364 e. The van der Waals surface area contributed by atoms with Crippen LogP contribution in [0.15, 0.2) is 57.9 Å². The number of amides is 2. The summed E-state index contributed by atoms with van der Waals surface area (Å²) in [6.07, 6.45) is 0.0576. The van der Waals surface area contributed by atoms with E-state index in [4.69, 9.17) is 9.25 Å². The molecule has 8 nitrogen and oxygen atoms in total. The molecule has 2 heterocycles. The van der Waals surface area contributed by atoms with Crippen LogP contribution in [0.1, 0.15) is 48.2 Å². The molecule has 0 aromatic heterocycles. The van der Waals surface area contributed by atoms with Gasteiger partial charge in [-0.25, -0.2) is 4.79 Å². The quantitative estimate of drug-likeness (QED) is 0.275. The lowest BCUT2D eigenvalue weighted by atomic mass is 9.89. The minimum atomic E-state index is -0.776. The number of hydroxylamine groups is 2. The molecule has 2 aromatic carbocycles. The molecule has 0 spiro atoms. The molecule has 2 aromatic rings. The summed E-state index contributed by atoms with van der Waals surface area (Å²) in [5, 5.41) is 5.61. The van der Waals surface area contributed by atoms with Gasteiger partial charge in [-0.15, -0.1) is 5.06 Å². The summed E-state index contributed by atoms with van der Waals surface area (Å²) < 4.78 is 6.41. The van der Waals surface area contributed by atoms with Gasteiger partial charge in [0.15, 0.2) is 0 Å². The number of nitrogens with zero attached hydrogens (tertiary/aromatic N) is 2. The molecular formula is C30H29N3O5. The van der Waals surface area contributed by atoms with Crippen molar-refractivity contribution in [3.05, 3.63) is 70.6 Å². The fourth-order valence-corrected chi connectivity index (χ4v) is 4.87. The molecule has 0 saturated carbocycles. The predicted octanol–water partition coefficient (Wildman–Crippen LogP) is 5.39. The van der Waals surface area contributed by atoms with Crippen molar-refractivity contribution in [1.82, 2.24) is 5.06 Å². The largest absolute Gasteiger partial charge is 0.456 e. The standard InChI is InChI=1S/C30H29N3O5/c1-5-31-23-15-25-21(13-17(23)3)29(22-14-18(4)24(32-6-2)16-26(22)37-25)19-9-7-8-10-20(19)30(36)38-33-27(34)11-12-28(33)35/h7-10,13-16,31H,5-6,11-12H2,1-4H3/b32-24-. The minimum Gasteiger partial charge on any atom is -0.456 e. The number of hydrogen-bond acceptors (Lipinski definition) is 7. The lowest BCUT2D eigenvalue weighted by Gasteiger charge is -2.20. The van der Waals surface area contributed by atoms with Crippen molar-refractivity contribution in [2.75, 3.05) is 18.4 Å². The van der Waals surface area contributed by atoms with E-state index in [9.17, 15) is 14.4 Å². The molecule has 3 aliphatic rings. The number of nitrogens with one attached hydrogen (secondary N) is 1. The fourth-order valence-electron chi connectivity index (χ4n) is 4.87. The number of fused-ring (bicyclic) bond motifs is 2. The highest BCUT2D eigenvalue weighted by Gasteiger charge is 2.34. The Hall–Kier alpha value is -4.46. The minimum absolute atomic E-state index is 0.0288. The van der Waals surface area contributed by atoms with E-state index in [1.165, 1.54) is 0 Å². The number of imide groups is 1. The maximum absolute atomic E-state index is 13.4. The molecule has 38 heavy (non-hydrogen) atoms. The summed E-state index contributed by atoms with van der Waals surface area (Å²) in [6.45, 7) is 9.42. The maximum Gasteiger partial charge on any atom is 0.364 e. The molecule has 1 N–H and O–H groups in total. The second-order valence-corrected chi connectivity index (χ2v) is 9.29. The summed E-state index contributed by atoms with van der Waals surface area (Å²) in [7, 11) is 0. The molecule has 1 fully saturated rings. The van der Waals surface area contributed by atoms with Crippen LogP contribution in [0.5, 0.6) is 0 Å². The van der Waals surface area contributed by atoms with E-state index in [-0.39, 0.29) is 18.4 Å². The van der Waals surface area contributed by atoms with Crippen LogP contribution in [-0.2, 0) is 14.4 Å². The summed E-state index contributed by atoms with van der Waals surface area (Å²) in [4.78, 5) is 47.5. The van der Waals surface area contributed by atoms with E-state index in [1.807, 2.05) is 64.1 Å². The summed E-state index contributed by atoms with van der Waals surface area (Å²) in [6, 6.07) is 15.0. The number of benzene rings is 3. The first-order valence-electron chi connectivity index (χ1n) is 12.8. The number of carbonyl (C=O) groups is 3. The third-order valence-corrected chi connectivity index (χ3v) is 6.68. The Morgan fingerprint density at radius 1 is 1.00 bits per heavy atom. The molecule has 1 aliphatic carbocycles. The van der Waals surface area contributed by atoms with Crippen molar-refractivity contribution in [2.45, 2.75) is 40.5 Å². The average Bonchev–Trinajstić information content (AvgIpc) is 3.21. The topological polar surface area (TPSA) is 101 Å². The molecule has 2 amide bonds. The number of anilines is 1. The highest BCUT2D eigenvalue weighted by Crippen LogP contribution is 2.43. The Morgan fingerprint density at radius 2 is 1.74 bits per heavy atom. The summed E-state index contributed by atoms with van der Waals surface area (Å²) in [5.41, 5.74) is 6.06. The highest BCUT2D eigenvalue weighted by atomic mass is 16.7. The van der Waals surface area contributed by atoms with Gasteiger partial charge in [0.2, 0.25) is 0 Å². The Labute approximate surface area is 220 Å². The molecule has 5 rings (SSSR count). The predicted molar refractivity (Wildman–Crippen MR) is 145 cm³/mol. The van der Waals surface area contributed by atoms with Gasteiger partial charge in [0, 0.05) is 60.3 Å². The molecule has 0 atom stereocenters. The maximum atomic E-state index is 13.4. The molecule has 0 bridgehead atoms. The van der Waals surface area contributed by atoms with Gasteiger partial charge in [-0.2, -0.15) is 0 Å². The van der Waals surface area contributed by atoms with Crippen molar-refractivity contribution in [3.63, 3.8) is 0 Å². The van der Waals surface area contributed by atoms with E-state index < -0.39 is 17.8 Å². The van der Waals surface area contributed by atoms with Gasteiger partial charge < -0.3 is 14.6 Å². The fraction of sp³-hybridized carbons (Fsp3) is 0.267. The van der Waals surface area contributed by atoms with Gasteiger partial charge >= 0.3 is 5.97 Å². The lowest BCUT2D eigenvalue weighted by Crippen LogP contribution is -2.32. The van der Waals surface area contributed by atoms with Crippen molar-refractivity contribution in [1.29, 1.82) is 0 Å². The average molecular weight is 512 g/mol. The third-order valence-electron chi connectivity index (χ3n) is 6.68. The Kier molecular flexibility index (Phi) is 6.72. The highest BCUT2D eigenvalue weighted by molar-refractivity contribution is 6.09. The van der Waals surface area contributed by atoms with Gasteiger partial charge in [0.25, 0.3) is 11.8 Å². The summed E-state index contributed by atoms with van der Waals surface area (Å²) in [5.74, 6) is -1.19. The van der Waals surface area contributed by atoms with E-state index in [0.29, 0.717) is 28.5 Å². The van der Waals surface area contributed by atoms with E-state index in [1.54, 1.807) is 12.1 Å². The molecule has 0 unspecified atom stereocenters. The Balaban J connectivity index is 1.79. The number of aryl methyl sites for hydroxylation is 2. The van der Waals surface area contributed by atoms with Crippen LogP contribution in [0.25, 0.3) is 33.4 Å². The van der Waals surface area contributed by atoms with Crippen LogP contribution in [0.2, 0.25) is 0 Å². The van der Waals surface area contributed by atoms with Crippen molar-refractivity contribution in [3.8, 4) is 22.5 Å². The monoisotopic (exact) mass is 511 g/mol. The SMILES string of the molecule is CC/N=c1/cc2oc3cc(NCC)c(C)cc3c(-c3ccccc3C(=O)ON3C(=O)CCC3=O)c-2cc1C. The first kappa shape index (κ1) is 25.2. The van der Waals surface area contributed by atoms with Crippen LogP contribution in [0.4, 0.5) is 5.69 Å². The van der Waals surface area contributed by atoms with Gasteiger partial charge in [0.1, 0.15) is 11.3 Å². The summed E-state index contributed by atoms with van der Waals surface area (Å²) >= 11 is 0. The normalized spacial score (nSPS) is 14.1. The third kappa shape index (κ3) is 4.42. The van der Waals surface area contributed by atoms with Crippen molar-refractivity contribution in [2.24, 2.45) is 4.99 Å². The van der Waals surface area contributed by atoms with Crippen LogP contribution in [0.3, 0.4) is 0 Å². The Bertz CT molecular complexity index is 1620. The van der Waals surface area contributed by atoms with Gasteiger partial charge in [-0.05, 0) is 62.6 Å². The molecule has 1 saturated heterocycles. The van der Waals surface area contributed by atoms with E-state index in [0.717, 1.165) is 45.2 Å². The molecule has 8 heteroatoms. The van der Waals surface area contributed by atoms with Crippen molar-refractivity contribution < 1.29 is 23.6 Å². The first-order chi connectivity index (χ1) is 18.3. The zero-order valence-corrected chi connectivity index (χ0v) is 21.9. The lowest BCUT2D eigenvalue weighted by molar-refractivity contribution is -0.172. The number of carbonyl (C=O) groups excluding carboxylic acids is 3. The Morgan fingerprint density at radius 3 is 2.45 bits per heavy atom. The first-order valence-corrected chi connectivity index (χ1v) is 12.8. The zero-order valence-electron chi connectivity index (χ0n) is 21.9.